The van der Waals surface area contributed by atoms with Gasteiger partial charge in [0.25, 0.3) is 5.91 Å². The van der Waals surface area contributed by atoms with Crippen molar-refractivity contribution in [2.75, 3.05) is 0 Å². The lowest BCUT2D eigenvalue weighted by Gasteiger charge is -2.30. The molecule has 0 spiro atoms. The van der Waals surface area contributed by atoms with Gasteiger partial charge in [0.1, 0.15) is 0 Å². The fraction of sp³-hybridized carbons (Fsp3) is 0.0435. The van der Waals surface area contributed by atoms with E-state index in [0.29, 0.717) is 0 Å². The highest BCUT2D eigenvalue weighted by molar-refractivity contribution is 6.09. The fourth-order valence-electron chi connectivity index (χ4n) is 4.31. The lowest BCUT2D eigenvalue weighted by Crippen LogP contribution is -2.32. The van der Waals surface area contributed by atoms with Crippen LogP contribution in [0.3, 0.4) is 0 Å². The minimum absolute atomic E-state index is 0.00963. The quantitative estimate of drug-likeness (QED) is 0.555. The van der Waals surface area contributed by atoms with Crippen LogP contribution in [0.5, 0.6) is 0 Å². The third-order valence-electron chi connectivity index (χ3n) is 5.50. The highest BCUT2D eigenvalue weighted by atomic mass is 16.2. The van der Waals surface area contributed by atoms with E-state index >= 15 is 0 Å². The Morgan fingerprint density at radius 1 is 1.00 bits per heavy atom. The van der Waals surface area contributed by atoms with Gasteiger partial charge in [0, 0.05) is 28.3 Å². The number of rotatable bonds is 1. The molecule has 0 amide bonds. The molecule has 0 aliphatic carbocycles. The van der Waals surface area contributed by atoms with Crippen molar-refractivity contribution in [3.8, 4) is 11.3 Å². The lowest BCUT2D eigenvalue weighted by molar-refractivity contribution is 0.0953. The van der Waals surface area contributed by atoms with Gasteiger partial charge in [-0.3, -0.25) is 14.3 Å². The summed E-state index contributed by atoms with van der Waals surface area (Å²) in [6.45, 7) is 0. The van der Waals surface area contributed by atoms with Crippen LogP contribution in [0.4, 0.5) is 0 Å². The van der Waals surface area contributed by atoms with Crippen LogP contribution in [0, 0.1) is 0 Å². The van der Waals surface area contributed by atoms with Gasteiger partial charge in [-0.15, -0.1) is 0 Å². The van der Waals surface area contributed by atoms with E-state index in [1.54, 1.807) is 6.20 Å². The molecule has 0 saturated carbocycles. The molecule has 2 aliphatic heterocycles. The summed E-state index contributed by atoms with van der Waals surface area (Å²) in [6.07, 6.45) is 5.85. The monoisotopic (exact) mass is 349 g/mol. The molecule has 0 bridgehead atoms. The summed E-state index contributed by atoms with van der Waals surface area (Å²) in [7, 11) is 0. The Balaban J connectivity index is 1.67. The van der Waals surface area contributed by atoms with Crippen molar-refractivity contribution in [2.24, 2.45) is 0 Å². The highest BCUT2D eigenvalue weighted by Crippen LogP contribution is 2.42. The first kappa shape index (κ1) is 14.5. The van der Waals surface area contributed by atoms with E-state index < -0.39 is 0 Å². The Hall–Kier alpha value is -3.66. The number of pyridine rings is 1. The molecule has 0 saturated heterocycles. The first-order chi connectivity index (χ1) is 13.3. The molecule has 1 atom stereocenters. The zero-order valence-corrected chi connectivity index (χ0v) is 14.4. The zero-order valence-electron chi connectivity index (χ0n) is 14.4. The van der Waals surface area contributed by atoms with Crippen LogP contribution in [0.15, 0.2) is 73.1 Å². The normalized spacial score (nSPS) is 16.7. The van der Waals surface area contributed by atoms with E-state index in [0.717, 1.165) is 44.5 Å². The van der Waals surface area contributed by atoms with Gasteiger partial charge < -0.3 is 5.32 Å². The Kier molecular flexibility index (Phi) is 2.78. The third kappa shape index (κ3) is 1.87. The molecule has 4 aromatic rings. The molecular formula is C23H15N3O. The van der Waals surface area contributed by atoms with Crippen molar-refractivity contribution in [2.45, 2.75) is 6.04 Å². The maximum atomic E-state index is 13.3. The highest BCUT2D eigenvalue weighted by Gasteiger charge is 2.35. The molecule has 4 heterocycles. The molecule has 0 fully saturated rings. The van der Waals surface area contributed by atoms with Gasteiger partial charge >= 0.3 is 0 Å². The molecule has 4 heteroatoms. The van der Waals surface area contributed by atoms with Crippen LogP contribution in [0.1, 0.15) is 33.2 Å². The van der Waals surface area contributed by atoms with Crippen molar-refractivity contribution in [3.05, 3.63) is 95.4 Å². The van der Waals surface area contributed by atoms with Gasteiger partial charge in [-0.25, -0.2) is 0 Å². The molecule has 128 valence electrons. The predicted octanol–water partition coefficient (Wildman–Crippen LogP) is 4.37. The number of fused-ring (bicyclic) bond motifs is 5. The maximum Gasteiger partial charge on any atom is 0.263 e. The molecule has 1 N–H and O–H groups in total. The van der Waals surface area contributed by atoms with Gasteiger partial charge in [-0.1, -0.05) is 30.3 Å². The number of nitrogens with zero attached hydrogens (tertiary/aromatic N) is 2. The fourth-order valence-corrected chi connectivity index (χ4v) is 4.31. The minimum Gasteiger partial charge on any atom is -0.379 e. The number of aromatic nitrogens is 2. The number of carbonyl (C=O) groups excluding carboxylic acids is 1. The average Bonchev–Trinajstić information content (AvgIpc) is 3.07. The van der Waals surface area contributed by atoms with Gasteiger partial charge in [-0.2, -0.15) is 0 Å². The van der Waals surface area contributed by atoms with Gasteiger partial charge in [-0.05, 0) is 48.2 Å². The summed E-state index contributed by atoms with van der Waals surface area (Å²) >= 11 is 0. The predicted molar refractivity (Wildman–Crippen MR) is 105 cm³/mol. The largest absolute Gasteiger partial charge is 0.379 e. The molecular weight excluding hydrogens is 334 g/mol. The second-order valence-electron chi connectivity index (χ2n) is 6.91. The van der Waals surface area contributed by atoms with Crippen LogP contribution >= 0.6 is 0 Å². The second kappa shape index (κ2) is 5.17. The first-order valence-corrected chi connectivity index (χ1v) is 8.99. The van der Waals surface area contributed by atoms with Crippen LogP contribution in [0.2, 0.25) is 0 Å². The molecule has 0 radical (unpaired) electrons. The van der Waals surface area contributed by atoms with E-state index in [9.17, 15) is 4.79 Å². The van der Waals surface area contributed by atoms with E-state index in [1.807, 2.05) is 65.4 Å². The molecule has 4 nitrogen and oxygen atoms in total. The van der Waals surface area contributed by atoms with Crippen molar-refractivity contribution >= 4 is 22.9 Å². The summed E-state index contributed by atoms with van der Waals surface area (Å²) in [5, 5.41) is 4.52. The average molecular weight is 349 g/mol. The summed E-state index contributed by atoms with van der Waals surface area (Å²) in [4.78, 5) is 17.7. The van der Waals surface area contributed by atoms with Crippen molar-refractivity contribution < 1.29 is 4.79 Å². The number of carbonyl (C=O) groups is 1. The Morgan fingerprint density at radius 3 is 2.78 bits per heavy atom. The lowest BCUT2D eigenvalue weighted by atomic mass is 9.90. The van der Waals surface area contributed by atoms with Crippen LogP contribution in [0.25, 0.3) is 28.2 Å². The van der Waals surface area contributed by atoms with Crippen molar-refractivity contribution in [1.29, 1.82) is 0 Å². The molecule has 1 unspecified atom stereocenters. The molecule has 2 aliphatic rings. The number of hydrogen-bond acceptors (Lipinski definition) is 3. The van der Waals surface area contributed by atoms with Gasteiger partial charge in [0.15, 0.2) is 0 Å². The zero-order chi connectivity index (χ0) is 18.0. The summed E-state index contributed by atoms with van der Waals surface area (Å²) < 4.78 is 1.87. The summed E-state index contributed by atoms with van der Waals surface area (Å²) in [5.41, 5.74) is 6.85. The second-order valence-corrected chi connectivity index (χ2v) is 6.91. The molecule has 6 rings (SSSR count). The first-order valence-electron chi connectivity index (χ1n) is 8.99. The number of hydrogen-bond donors (Lipinski definition) is 1. The van der Waals surface area contributed by atoms with E-state index in [-0.39, 0.29) is 11.9 Å². The standard InChI is InChI=1S/C23H15N3O/c27-23-17-6-2-1-5-15(17)21-22-16(10-12-25-21)18-13-14(8-9-20(18)26(22)23)19-7-3-4-11-24-19/h1-13,21,25H. The van der Waals surface area contributed by atoms with Gasteiger partial charge in [0.2, 0.25) is 0 Å². The minimum atomic E-state index is -0.00963. The van der Waals surface area contributed by atoms with Crippen LogP contribution < -0.4 is 5.32 Å². The van der Waals surface area contributed by atoms with Crippen molar-refractivity contribution in [3.63, 3.8) is 0 Å². The van der Waals surface area contributed by atoms with Crippen molar-refractivity contribution in [1.82, 2.24) is 14.9 Å². The third-order valence-corrected chi connectivity index (χ3v) is 5.50. The topological polar surface area (TPSA) is 46.9 Å². The summed E-state index contributed by atoms with van der Waals surface area (Å²) in [5.74, 6) is 0.0378. The van der Waals surface area contributed by atoms with E-state index in [2.05, 4.69) is 22.4 Å². The Labute approximate surface area is 155 Å². The van der Waals surface area contributed by atoms with Gasteiger partial charge in [0.05, 0.1) is 22.9 Å². The number of benzene rings is 2. The van der Waals surface area contributed by atoms with Crippen LogP contribution in [-0.2, 0) is 0 Å². The van der Waals surface area contributed by atoms with E-state index in [1.165, 1.54) is 0 Å². The maximum absolute atomic E-state index is 13.3. The summed E-state index contributed by atoms with van der Waals surface area (Å²) in [6, 6.07) is 20.0. The SMILES string of the molecule is O=C1c2ccccc2C2NC=Cc3c2n1c1ccc(-c2ccccn2)cc31. The van der Waals surface area contributed by atoms with E-state index in [4.69, 9.17) is 0 Å². The number of nitrogens with one attached hydrogen (secondary N) is 1. The Morgan fingerprint density at radius 2 is 1.89 bits per heavy atom. The molecule has 2 aromatic heterocycles. The molecule has 2 aromatic carbocycles. The van der Waals surface area contributed by atoms with Crippen LogP contribution in [-0.4, -0.2) is 15.5 Å². The molecule has 27 heavy (non-hydrogen) atoms. The Bertz CT molecular complexity index is 1270. The smallest absolute Gasteiger partial charge is 0.263 e.